The van der Waals surface area contributed by atoms with Crippen LogP contribution in [-0.4, -0.2) is 31.5 Å². The first-order chi connectivity index (χ1) is 8.90. The molecule has 19 heavy (non-hydrogen) atoms. The van der Waals surface area contributed by atoms with E-state index in [4.69, 9.17) is 9.47 Å². The fourth-order valence-corrected chi connectivity index (χ4v) is 1.65. The van der Waals surface area contributed by atoms with Crippen LogP contribution in [0.5, 0.6) is 0 Å². The zero-order valence-electron chi connectivity index (χ0n) is 10.6. The number of anilines is 1. The predicted octanol–water partition coefficient (Wildman–Crippen LogP) is 2.29. The summed E-state index contributed by atoms with van der Waals surface area (Å²) < 4.78 is 36.5. The zero-order chi connectivity index (χ0) is 14.6. The van der Waals surface area contributed by atoms with Crippen molar-refractivity contribution in [2.75, 3.05) is 19.5 Å². The molecule has 0 bridgehead atoms. The van der Waals surface area contributed by atoms with Gasteiger partial charge in [-0.2, -0.15) is 0 Å². The Balaban J connectivity index is 3.09. The topological polar surface area (TPSA) is 73.6 Å². The van der Waals surface area contributed by atoms with Crippen molar-refractivity contribution in [2.24, 2.45) is 0 Å². The Morgan fingerprint density at radius 2 is 1.89 bits per heavy atom. The third-order valence-corrected chi connectivity index (χ3v) is 2.48. The first-order valence-corrected chi connectivity index (χ1v) is 5.36. The number of hydrogen-bond acceptors (Lipinski definition) is 5. The molecule has 0 heterocycles. The van der Waals surface area contributed by atoms with Gasteiger partial charge < -0.3 is 14.8 Å². The highest BCUT2D eigenvalue weighted by molar-refractivity contribution is 5.62. The maximum absolute atomic E-state index is 13.6. The molecular weight excluding hydrogens is 262 g/mol. The maximum Gasteiger partial charge on any atom is 0.298 e. The summed E-state index contributed by atoms with van der Waals surface area (Å²) in [7, 11) is 2.75. The minimum absolute atomic E-state index is 0.405. The first kappa shape index (κ1) is 15.3. The van der Waals surface area contributed by atoms with Crippen LogP contribution >= 0.6 is 0 Å². The van der Waals surface area contributed by atoms with Gasteiger partial charge >= 0.3 is 0 Å². The highest BCUT2D eigenvalue weighted by Gasteiger charge is 2.24. The number of nitrogens with zero attached hydrogens (tertiary/aromatic N) is 1. The molecule has 8 heteroatoms. The largest absolute Gasteiger partial charge is 0.370 e. The summed E-state index contributed by atoms with van der Waals surface area (Å²) >= 11 is 0. The molecule has 0 amide bonds. The molecule has 0 aliphatic heterocycles. The van der Waals surface area contributed by atoms with Crippen molar-refractivity contribution >= 4 is 11.4 Å². The highest BCUT2D eigenvalue weighted by atomic mass is 19.1. The van der Waals surface area contributed by atoms with Crippen molar-refractivity contribution in [3.05, 3.63) is 33.9 Å². The zero-order valence-corrected chi connectivity index (χ0v) is 10.6. The molecule has 1 rings (SSSR count). The average molecular weight is 276 g/mol. The van der Waals surface area contributed by atoms with E-state index in [9.17, 15) is 18.9 Å². The lowest BCUT2D eigenvalue weighted by Crippen LogP contribution is -2.34. The number of benzene rings is 1. The third-order valence-electron chi connectivity index (χ3n) is 2.48. The summed E-state index contributed by atoms with van der Waals surface area (Å²) in [6.45, 7) is 1.59. The summed E-state index contributed by atoms with van der Waals surface area (Å²) in [5.41, 5.74) is -1.09. The number of methoxy groups -OCH3 is 2. The van der Waals surface area contributed by atoms with E-state index < -0.39 is 40.3 Å². The number of rotatable bonds is 6. The Morgan fingerprint density at radius 1 is 1.32 bits per heavy atom. The monoisotopic (exact) mass is 276 g/mol. The van der Waals surface area contributed by atoms with Crippen LogP contribution in [0.1, 0.15) is 6.92 Å². The van der Waals surface area contributed by atoms with Gasteiger partial charge in [-0.05, 0) is 6.92 Å². The van der Waals surface area contributed by atoms with Crippen molar-refractivity contribution in [1.82, 2.24) is 0 Å². The second-order valence-electron chi connectivity index (χ2n) is 3.81. The molecule has 106 valence electrons. The van der Waals surface area contributed by atoms with E-state index >= 15 is 0 Å². The number of hydrogen-bond donors (Lipinski definition) is 1. The van der Waals surface area contributed by atoms with E-state index in [0.717, 1.165) is 0 Å². The quantitative estimate of drug-likeness (QED) is 0.490. The van der Waals surface area contributed by atoms with Crippen molar-refractivity contribution in [1.29, 1.82) is 0 Å². The van der Waals surface area contributed by atoms with Crippen molar-refractivity contribution in [3.63, 3.8) is 0 Å². The molecule has 0 aliphatic rings. The van der Waals surface area contributed by atoms with Crippen LogP contribution < -0.4 is 5.32 Å². The fourth-order valence-electron chi connectivity index (χ4n) is 1.65. The van der Waals surface area contributed by atoms with Gasteiger partial charge in [0.15, 0.2) is 12.1 Å². The molecule has 0 radical (unpaired) electrons. The van der Waals surface area contributed by atoms with E-state index in [2.05, 4.69) is 5.32 Å². The third kappa shape index (κ3) is 3.58. The second kappa shape index (κ2) is 6.39. The van der Waals surface area contributed by atoms with Gasteiger partial charge in [0.2, 0.25) is 0 Å². The molecule has 1 unspecified atom stereocenters. The van der Waals surface area contributed by atoms with E-state index in [1.165, 1.54) is 14.2 Å². The second-order valence-corrected chi connectivity index (χ2v) is 3.81. The number of nitro benzene ring substituents is 1. The molecule has 0 aliphatic carbocycles. The van der Waals surface area contributed by atoms with Gasteiger partial charge in [0.1, 0.15) is 11.5 Å². The normalized spacial score (nSPS) is 12.5. The lowest BCUT2D eigenvalue weighted by Gasteiger charge is -2.23. The molecule has 0 saturated heterocycles. The van der Waals surface area contributed by atoms with Gasteiger partial charge in [0, 0.05) is 20.3 Å². The number of nitro groups is 1. The minimum atomic E-state index is -1.05. The molecule has 0 spiro atoms. The number of nitrogens with one attached hydrogen (secondary N) is 1. The van der Waals surface area contributed by atoms with E-state index in [-0.39, 0.29) is 0 Å². The van der Waals surface area contributed by atoms with Gasteiger partial charge in [-0.3, -0.25) is 10.1 Å². The van der Waals surface area contributed by atoms with Crippen molar-refractivity contribution in [3.8, 4) is 0 Å². The summed E-state index contributed by atoms with van der Waals surface area (Å²) in [5, 5.41) is 13.3. The average Bonchev–Trinajstić information content (AvgIpc) is 2.33. The lowest BCUT2D eigenvalue weighted by atomic mass is 10.2. The Labute approximate surface area is 108 Å². The van der Waals surface area contributed by atoms with E-state index in [1.54, 1.807) is 6.92 Å². The standard InChI is InChI=1S/C11H14F2N2O4/c1-6(11(18-2)19-3)14-10-8(13)4-7(12)5-9(10)15(16)17/h4-6,11,14H,1-3H3. The van der Waals surface area contributed by atoms with Crippen LogP contribution in [0.25, 0.3) is 0 Å². The van der Waals surface area contributed by atoms with Crippen LogP contribution in [0, 0.1) is 21.7 Å². The molecule has 1 atom stereocenters. The molecule has 1 aromatic carbocycles. The molecular formula is C11H14F2N2O4. The van der Waals surface area contributed by atoms with Crippen LogP contribution in [0.15, 0.2) is 12.1 Å². The molecule has 0 aromatic heterocycles. The summed E-state index contributed by atoms with van der Waals surface area (Å²) in [6, 6.07) is 0.636. The fraction of sp³-hybridized carbons (Fsp3) is 0.455. The van der Waals surface area contributed by atoms with Gasteiger partial charge in [-0.1, -0.05) is 0 Å². The van der Waals surface area contributed by atoms with Crippen LogP contribution in [0.3, 0.4) is 0 Å². The Hall–Kier alpha value is -1.80. The van der Waals surface area contributed by atoms with Crippen molar-refractivity contribution < 1.29 is 23.2 Å². The van der Waals surface area contributed by atoms with Crippen LogP contribution in [0.4, 0.5) is 20.2 Å². The summed E-state index contributed by atoms with van der Waals surface area (Å²) in [4.78, 5) is 9.92. The van der Waals surface area contributed by atoms with E-state index in [0.29, 0.717) is 12.1 Å². The maximum atomic E-state index is 13.6. The Bertz CT molecular complexity index is 466. The Kier molecular flexibility index (Phi) is 5.13. The van der Waals surface area contributed by atoms with Gasteiger partial charge in [-0.15, -0.1) is 0 Å². The van der Waals surface area contributed by atoms with Gasteiger partial charge in [-0.25, -0.2) is 8.78 Å². The highest BCUT2D eigenvalue weighted by Crippen LogP contribution is 2.29. The first-order valence-electron chi connectivity index (χ1n) is 5.36. The van der Waals surface area contributed by atoms with Crippen molar-refractivity contribution in [2.45, 2.75) is 19.3 Å². The minimum Gasteiger partial charge on any atom is -0.370 e. The smallest absolute Gasteiger partial charge is 0.298 e. The molecule has 0 saturated carbocycles. The molecule has 6 nitrogen and oxygen atoms in total. The SMILES string of the molecule is COC(OC)C(C)Nc1c(F)cc(F)cc1[N+](=O)[O-]. The summed E-state index contributed by atoms with van der Waals surface area (Å²) in [6.07, 6.45) is -0.732. The number of halogens is 2. The molecule has 0 fully saturated rings. The van der Waals surface area contributed by atoms with Crippen LogP contribution in [-0.2, 0) is 9.47 Å². The van der Waals surface area contributed by atoms with Crippen LogP contribution in [0.2, 0.25) is 0 Å². The van der Waals surface area contributed by atoms with E-state index in [1.807, 2.05) is 0 Å². The summed E-state index contributed by atoms with van der Waals surface area (Å²) in [5.74, 6) is -2.07. The van der Waals surface area contributed by atoms with Gasteiger partial charge in [0.05, 0.1) is 17.0 Å². The molecule has 1 aromatic rings. The molecule has 1 N–H and O–H groups in total. The lowest BCUT2D eigenvalue weighted by molar-refractivity contribution is -0.384. The van der Waals surface area contributed by atoms with Gasteiger partial charge in [0.25, 0.3) is 5.69 Å². The Morgan fingerprint density at radius 3 is 2.37 bits per heavy atom. The number of ether oxygens (including phenoxy) is 2. The predicted molar refractivity (Wildman–Crippen MR) is 63.9 cm³/mol.